The molecule has 4 nitrogen and oxygen atoms in total. The van der Waals surface area contributed by atoms with Gasteiger partial charge in [0.15, 0.2) is 0 Å². The van der Waals surface area contributed by atoms with Gasteiger partial charge in [-0.2, -0.15) is 0 Å². The number of nitrogens with two attached hydrogens (primary N) is 1. The van der Waals surface area contributed by atoms with Crippen LogP contribution in [0.1, 0.15) is 30.9 Å². The van der Waals surface area contributed by atoms with E-state index in [1.54, 1.807) is 0 Å². The second-order valence-corrected chi connectivity index (χ2v) is 4.86. The SMILES string of the molecule is Cl.NC1(C(=O)NC2CCOc3ccccc32)CC1. The topological polar surface area (TPSA) is 64.4 Å². The number of rotatable bonds is 2. The van der Waals surface area contributed by atoms with Crippen LogP contribution >= 0.6 is 12.4 Å². The Bertz CT molecular complexity index is 460. The highest BCUT2D eigenvalue weighted by atomic mass is 35.5. The van der Waals surface area contributed by atoms with E-state index in [0.717, 1.165) is 30.6 Å². The van der Waals surface area contributed by atoms with Crippen molar-refractivity contribution in [1.29, 1.82) is 0 Å². The van der Waals surface area contributed by atoms with Gasteiger partial charge in [-0.15, -0.1) is 12.4 Å². The number of para-hydroxylation sites is 1. The van der Waals surface area contributed by atoms with Crippen molar-refractivity contribution < 1.29 is 9.53 Å². The summed E-state index contributed by atoms with van der Waals surface area (Å²) in [4.78, 5) is 11.9. The highest BCUT2D eigenvalue weighted by Gasteiger charge is 2.46. The molecule has 1 aliphatic heterocycles. The summed E-state index contributed by atoms with van der Waals surface area (Å²) in [5.74, 6) is 0.838. The van der Waals surface area contributed by atoms with Crippen molar-refractivity contribution in [3.63, 3.8) is 0 Å². The Morgan fingerprint density at radius 1 is 1.39 bits per heavy atom. The van der Waals surface area contributed by atoms with Gasteiger partial charge in [-0.3, -0.25) is 4.79 Å². The van der Waals surface area contributed by atoms with E-state index in [-0.39, 0.29) is 24.4 Å². The van der Waals surface area contributed by atoms with E-state index < -0.39 is 5.54 Å². The van der Waals surface area contributed by atoms with Gasteiger partial charge in [-0.25, -0.2) is 0 Å². The second kappa shape index (κ2) is 4.78. The van der Waals surface area contributed by atoms with Crippen LogP contribution in [0, 0.1) is 0 Å². The van der Waals surface area contributed by atoms with Gasteiger partial charge in [0.2, 0.25) is 5.91 Å². The van der Waals surface area contributed by atoms with E-state index in [0.29, 0.717) is 6.61 Å². The summed E-state index contributed by atoms with van der Waals surface area (Å²) in [5.41, 5.74) is 6.33. The minimum Gasteiger partial charge on any atom is -0.493 e. The Labute approximate surface area is 112 Å². The lowest BCUT2D eigenvalue weighted by Crippen LogP contribution is -2.45. The number of amides is 1. The van der Waals surface area contributed by atoms with E-state index in [2.05, 4.69) is 5.32 Å². The van der Waals surface area contributed by atoms with Crippen LogP contribution in [0.3, 0.4) is 0 Å². The first-order valence-corrected chi connectivity index (χ1v) is 6.01. The second-order valence-electron chi connectivity index (χ2n) is 4.86. The molecule has 1 fully saturated rings. The van der Waals surface area contributed by atoms with Crippen LogP contribution in [0.5, 0.6) is 5.75 Å². The number of benzene rings is 1. The van der Waals surface area contributed by atoms with Gasteiger partial charge in [0.1, 0.15) is 5.75 Å². The van der Waals surface area contributed by atoms with Gasteiger partial charge < -0.3 is 15.8 Å². The van der Waals surface area contributed by atoms with Crippen molar-refractivity contribution in [2.45, 2.75) is 30.8 Å². The molecule has 1 amide bonds. The number of carbonyl (C=O) groups excluding carboxylic acids is 1. The quantitative estimate of drug-likeness (QED) is 0.855. The van der Waals surface area contributed by atoms with Crippen LogP contribution in [0.25, 0.3) is 0 Å². The molecule has 0 spiro atoms. The Morgan fingerprint density at radius 3 is 2.83 bits per heavy atom. The highest BCUT2D eigenvalue weighted by Crippen LogP contribution is 2.35. The minimum atomic E-state index is -0.604. The molecule has 1 aromatic carbocycles. The average molecular weight is 269 g/mol. The molecule has 2 aliphatic rings. The Balaban J connectivity index is 0.00000120. The zero-order valence-electron chi connectivity index (χ0n) is 10.0. The van der Waals surface area contributed by atoms with Crippen LogP contribution in [-0.2, 0) is 4.79 Å². The number of carbonyl (C=O) groups is 1. The van der Waals surface area contributed by atoms with Crippen molar-refractivity contribution in [2.75, 3.05) is 6.61 Å². The predicted molar refractivity (Wildman–Crippen MR) is 70.8 cm³/mol. The molecular formula is C13H17ClN2O2. The first-order valence-electron chi connectivity index (χ1n) is 6.01. The fourth-order valence-corrected chi connectivity index (χ4v) is 2.16. The first kappa shape index (κ1) is 13.2. The minimum absolute atomic E-state index is 0. The monoisotopic (exact) mass is 268 g/mol. The number of ether oxygens (including phenoxy) is 1. The molecule has 1 saturated carbocycles. The highest BCUT2D eigenvalue weighted by molar-refractivity contribution is 5.89. The zero-order chi connectivity index (χ0) is 11.9. The number of nitrogens with one attached hydrogen (secondary N) is 1. The van der Waals surface area contributed by atoms with Gasteiger partial charge in [0.25, 0.3) is 0 Å². The molecule has 1 aromatic rings. The largest absolute Gasteiger partial charge is 0.493 e. The van der Waals surface area contributed by atoms with Gasteiger partial charge in [-0.1, -0.05) is 18.2 Å². The van der Waals surface area contributed by atoms with Crippen LogP contribution in [-0.4, -0.2) is 18.1 Å². The van der Waals surface area contributed by atoms with E-state index in [1.807, 2.05) is 24.3 Å². The number of fused-ring (bicyclic) bond motifs is 1. The molecule has 0 aromatic heterocycles. The fraction of sp³-hybridized carbons (Fsp3) is 0.462. The molecule has 98 valence electrons. The molecule has 0 radical (unpaired) electrons. The zero-order valence-corrected chi connectivity index (χ0v) is 10.8. The lowest BCUT2D eigenvalue weighted by Gasteiger charge is -2.27. The van der Waals surface area contributed by atoms with Crippen LogP contribution in [0.15, 0.2) is 24.3 Å². The van der Waals surface area contributed by atoms with E-state index in [9.17, 15) is 4.79 Å². The van der Waals surface area contributed by atoms with Crippen molar-refractivity contribution in [3.8, 4) is 5.75 Å². The maximum absolute atomic E-state index is 11.9. The maximum atomic E-state index is 11.9. The molecule has 18 heavy (non-hydrogen) atoms. The van der Waals surface area contributed by atoms with Gasteiger partial charge in [0, 0.05) is 12.0 Å². The van der Waals surface area contributed by atoms with Crippen LogP contribution < -0.4 is 15.8 Å². The first-order chi connectivity index (χ1) is 8.19. The molecule has 0 saturated heterocycles. The molecule has 5 heteroatoms. The Kier molecular flexibility index (Phi) is 3.50. The molecule has 3 N–H and O–H groups in total. The lowest BCUT2D eigenvalue weighted by atomic mass is 10.00. The molecule has 0 bridgehead atoms. The summed E-state index contributed by atoms with van der Waals surface area (Å²) >= 11 is 0. The van der Waals surface area contributed by atoms with Crippen molar-refractivity contribution in [2.24, 2.45) is 5.73 Å². The summed E-state index contributed by atoms with van der Waals surface area (Å²) in [6.07, 6.45) is 2.40. The third kappa shape index (κ3) is 2.31. The molecule has 1 unspecified atom stereocenters. The van der Waals surface area contributed by atoms with Crippen molar-refractivity contribution in [3.05, 3.63) is 29.8 Å². The van der Waals surface area contributed by atoms with Crippen LogP contribution in [0.2, 0.25) is 0 Å². The third-order valence-electron chi connectivity index (χ3n) is 3.50. The summed E-state index contributed by atoms with van der Waals surface area (Å²) < 4.78 is 5.55. The number of hydrogen-bond acceptors (Lipinski definition) is 3. The smallest absolute Gasteiger partial charge is 0.240 e. The van der Waals surface area contributed by atoms with Gasteiger partial charge in [-0.05, 0) is 18.9 Å². The molecular weight excluding hydrogens is 252 g/mol. The predicted octanol–water partition coefficient (Wildman–Crippen LogP) is 1.54. The van der Waals surface area contributed by atoms with E-state index in [4.69, 9.17) is 10.5 Å². The molecule has 1 atom stereocenters. The molecule has 3 rings (SSSR count). The summed E-state index contributed by atoms with van der Waals surface area (Å²) in [6, 6.07) is 7.86. The van der Waals surface area contributed by atoms with Gasteiger partial charge in [0.05, 0.1) is 18.2 Å². The Morgan fingerprint density at radius 2 is 2.11 bits per heavy atom. The lowest BCUT2D eigenvalue weighted by molar-refractivity contribution is -0.124. The Hall–Kier alpha value is -1.26. The molecule has 1 heterocycles. The summed E-state index contributed by atoms with van der Waals surface area (Å²) in [5, 5.41) is 3.03. The average Bonchev–Trinajstić information content (AvgIpc) is 3.09. The van der Waals surface area contributed by atoms with Crippen LogP contribution in [0.4, 0.5) is 0 Å². The standard InChI is InChI=1S/C13H16N2O2.ClH/c14-13(6-7-13)12(16)15-10-5-8-17-11-4-2-1-3-9(10)11;/h1-4,10H,5-8,14H2,(H,15,16);1H. The van der Waals surface area contributed by atoms with Crippen molar-refractivity contribution in [1.82, 2.24) is 5.32 Å². The molecule has 1 aliphatic carbocycles. The fourth-order valence-electron chi connectivity index (χ4n) is 2.16. The summed E-state index contributed by atoms with van der Waals surface area (Å²) in [6.45, 7) is 0.638. The van der Waals surface area contributed by atoms with E-state index in [1.165, 1.54) is 0 Å². The normalized spacial score (nSPS) is 23.1. The van der Waals surface area contributed by atoms with E-state index >= 15 is 0 Å². The van der Waals surface area contributed by atoms with Gasteiger partial charge >= 0.3 is 0 Å². The number of halogens is 1. The van der Waals surface area contributed by atoms with Crippen molar-refractivity contribution >= 4 is 18.3 Å². The summed E-state index contributed by atoms with van der Waals surface area (Å²) in [7, 11) is 0. The number of hydrogen-bond donors (Lipinski definition) is 2. The third-order valence-corrected chi connectivity index (χ3v) is 3.50. The maximum Gasteiger partial charge on any atom is 0.240 e.